The van der Waals surface area contributed by atoms with Crippen molar-refractivity contribution in [1.29, 1.82) is 0 Å². The summed E-state index contributed by atoms with van der Waals surface area (Å²) in [5, 5.41) is 0. The summed E-state index contributed by atoms with van der Waals surface area (Å²) in [5.41, 5.74) is 6.01. The molecule has 0 bridgehead atoms. The SMILES string of the molecule is CC(NS(=O)(=O)c1ccc(C#CCN)cc1)c1ccco1. The molecule has 0 amide bonds. The summed E-state index contributed by atoms with van der Waals surface area (Å²) >= 11 is 0. The summed E-state index contributed by atoms with van der Waals surface area (Å²) in [6, 6.07) is 9.31. The molecule has 0 aliphatic heterocycles. The van der Waals surface area contributed by atoms with Crippen molar-refractivity contribution in [3.05, 3.63) is 54.0 Å². The van der Waals surface area contributed by atoms with E-state index in [9.17, 15) is 8.42 Å². The minimum atomic E-state index is -3.61. The van der Waals surface area contributed by atoms with E-state index in [1.165, 1.54) is 18.4 Å². The molecule has 1 aromatic heterocycles. The van der Waals surface area contributed by atoms with Gasteiger partial charge in [-0.05, 0) is 43.3 Å². The predicted octanol–water partition coefficient (Wildman–Crippen LogP) is 1.63. The van der Waals surface area contributed by atoms with Crippen molar-refractivity contribution in [2.75, 3.05) is 6.54 Å². The maximum absolute atomic E-state index is 12.3. The van der Waals surface area contributed by atoms with Crippen molar-refractivity contribution in [2.24, 2.45) is 5.73 Å². The first-order valence-corrected chi connectivity index (χ1v) is 7.86. The Balaban J connectivity index is 2.16. The number of rotatable bonds is 4. The second kappa shape index (κ2) is 6.59. The van der Waals surface area contributed by atoms with Gasteiger partial charge in [0.1, 0.15) is 5.76 Å². The summed E-state index contributed by atoms with van der Waals surface area (Å²) < 4.78 is 32.3. The minimum absolute atomic E-state index is 0.180. The first-order valence-electron chi connectivity index (χ1n) is 6.37. The van der Waals surface area contributed by atoms with Crippen molar-refractivity contribution >= 4 is 10.0 Å². The molecule has 0 radical (unpaired) electrons. The van der Waals surface area contributed by atoms with Crippen LogP contribution in [0.25, 0.3) is 0 Å². The fourth-order valence-corrected chi connectivity index (χ4v) is 2.98. The normalized spacial score (nSPS) is 12.5. The Bertz CT molecular complexity index is 738. The van der Waals surface area contributed by atoms with E-state index in [0.717, 1.165) is 5.56 Å². The second-order valence-corrected chi connectivity index (χ2v) is 6.10. The number of nitrogens with two attached hydrogens (primary N) is 1. The average Bonchev–Trinajstić information content (AvgIpc) is 2.99. The standard InChI is InChI=1S/C15H16N2O3S/c1-12(15-5-3-11-20-15)17-21(18,19)14-8-6-13(7-9-14)4-2-10-16/h3,5-9,11-12,17H,10,16H2,1H3. The summed E-state index contributed by atoms with van der Waals surface area (Å²) in [6.07, 6.45) is 1.51. The third kappa shape index (κ3) is 3.95. The number of furan rings is 1. The highest BCUT2D eigenvalue weighted by Crippen LogP contribution is 2.17. The van der Waals surface area contributed by atoms with Crippen LogP contribution in [-0.4, -0.2) is 15.0 Å². The van der Waals surface area contributed by atoms with E-state index in [1.807, 2.05) is 0 Å². The maximum Gasteiger partial charge on any atom is 0.241 e. The Hall–Kier alpha value is -2.07. The van der Waals surface area contributed by atoms with Gasteiger partial charge in [-0.25, -0.2) is 13.1 Å². The summed E-state index contributed by atoms with van der Waals surface area (Å²) in [4.78, 5) is 0.180. The highest BCUT2D eigenvalue weighted by atomic mass is 32.2. The van der Waals surface area contributed by atoms with E-state index in [1.54, 1.807) is 31.2 Å². The quantitative estimate of drug-likeness (QED) is 0.841. The smallest absolute Gasteiger partial charge is 0.241 e. The van der Waals surface area contributed by atoms with Crippen LogP contribution in [0.5, 0.6) is 0 Å². The van der Waals surface area contributed by atoms with Crippen molar-refractivity contribution in [3.8, 4) is 11.8 Å². The van der Waals surface area contributed by atoms with Gasteiger partial charge in [-0.15, -0.1) is 0 Å². The van der Waals surface area contributed by atoms with Crippen LogP contribution in [0.1, 0.15) is 24.3 Å². The molecule has 1 atom stereocenters. The van der Waals surface area contributed by atoms with E-state index in [2.05, 4.69) is 16.6 Å². The maximum atomic E-state index is 12.3. The van der Waals surface area contributed by atoms with E-state index < -0.39 is 16.1 Å². The number of nitrogens with one attached hydrogen (secondary N) is 1. The van der Waals surface area contributed by atoms with Crippen molar-refractivity contribution < 1.29 is 12.8 Å². The Labute approximate surface area is 124 Å². The Kier molecular flexibility index (Phi) is 4.81. The monoisotopic (exact) mass is 304 g/mol. The van der Waals surface area contributed by atoms with Crippen molar-refractivity contribution in [2.45, 2.75) is 17.9 Å². The largest absolute Gasteiger partial charge is 0.468 e. The molecule has 0 aliphatic rings. The van der Waals surface area contributed by atoms with Crippen LogP contribution in [0, 0.1) is 11.8 Å². The summed E-state index contributed by atoms with van der Waals surface area (Å²) in [6.45, 7) is 1.99. The van der Waals surface area contributed by atoms with Crippen LogP contribution in [0.15, 0.2) is 52.0 Å². The van der Waals surface area contributed by atoms with Crippen molar-refractivity contribution in [3.63, 3.8) is 0 Å². The highest BCUT2D eigenvalue weighted by Gasteiger charge is 2.19. The zero-order valence-corrected chi connectivity index (χ0v) is 12.4. The van der Waals surface area contributed by atoms with Crippen LogP contribution in [-0.2, 0) is 10.0 Å². The Morgan fingerprint density at radius 3 is 2.57 bits per heavy atom. The third-order valence-electron chi connectivity index (χ3n) is 2.80. The van der Waals surface area contributed by atoms with Gasteiger partial charge in [-0.1, -0.05) is 11.8 Å². The highest BCUT2D eigenvalue weighted by molar-refractivity contribution is 7.89. The Morgan fingerprint density at radius 2 is 2.00 bits per heavy atom. The van der Waals surface area contributed by atoms with Crippen LogP contribution in [0.2, 0.25) is 0 Å². The molecule has 6 heteroatoms. The number of benzene rings is 1. The summed E-state index contributed by atoms with van der Waals surface area (Å²) in [7, 11) is -3.61. The lowest BCUT2D eigenvalue weighted by Gasteiger charge is -2.12. The molecule has 1 heterocycles. The number of hydrogen-bond acceptors (Lipinski definition) is 4. The Morgan fingerprint density at radius 1 is 1.29 bits per heavy atom. The first kappa shape index (κ1) is 15.3. The molecule has 21 heavy (non-hydrogen) atoms. The molecular formula is C15H16N2O3S. The molecule has 0 spiro atoms. The second-order valence-electron chi connectivity index (χ2n) is 4.39. The van der Waals surface area contributed by atoms with E-state index in [-0.39, 0.29) is 11.4 Å². The van der Waals surface area contributed by atoms with Gasteiger partial charge in [-0.2, -0.15) is 0 Å². The average molecular weight is 304 g/mol. The summed E-state index contributed by atoms with van der Waals surface area (Å²) in [5.74, 6) is 6.11. The lowest BCUT2D eigenvalue weighted by molar-refractivity contribution is 0.459. The molecule has 2 rings (SSSR count). The van der Waals surface area contributed by atoms with Crippen LogP contribution < -0.4 is 10.5 Å². The van der Waals surface area contributed by atoms with Gasteiger partial charge < -0.3 is 10.2 Å². The molecule has 0 fully saturated rings. The van der Waals surface area contributed by atoms with Gasteiger partial charge in [0.2, 0.25) is 10.0 Å². The first-order chi connectivity index (χ1) is 10.0. The number of sulfonamides is 1. The van der Waals surface area contributed by atoms with Gasteiger partial charge in [0, 0.05) is 5.56 Å². The van der Waals surface area contributed by atoms with Gasteiger partial charge in [0.15, 0.2) is 0 Å². The molecule has 3 N–H and O–H groups in total. The third-order valence-corrected chi connectivity index (χ3v) is 4.36. The van der Waals surface area contributed by atoms with Gasteiger partial charge in [-0.3, -0.25) is 0 Å². The molecule has 1 aromatic carbocycles. The van der Waals surface area contributed by atoms with Crippen LogP contribution in [0.4, 0.5) is 0 Å². The zero-order chi connectivity index (χ0) is 15.3. The van der Waals surface area contributed by atoms with E-state index in [4.69, 9.17) is 10.2 Å². The van der Waals surface area contributed by atoms with Gasteiger partial charge in [0.25, 0.3) is 0 Å². The molecule has 0 aliphatic carbocycles. The predicted molar refractivity (Wildman–Crippen MR) is 79.8 cm³/mol. The lowest BCUT2D eigenvalue weighted by atomic mass is 10.2. The topological polar surface area (TPSA) is 85.3 Å². The van der Waals surface area contributed by atoms with Gasteiger partial charge in [0.05, 0.1) is 23.7 Å². The van der Waals surface area contributed by atoms with Crippen molar-refractivity contribution in [1.82, 2.24) is 4.72 Å². The molecule has 1 unspecified atom stereocenters. The van der Waals surface area contributed by atoms with Crippen LogP contribution >= 0.6 is 0 Å². The van der Waals surface area contributed by atoms with E-state index in [0.29, 0.717) is 5.76 Å². The molecule has 0 saturated heterocycles. The zero-order valence-electron chi connectivity index (χ0n) is 11.5. The molecular weight excluding hydrogens is 288 g/mol. The van der Waals surface area contributed by atoms with Gasteiger partial charge >= 0.3 is 0 Å². The van der Waals surface area contributed by atoms with Crippen LogP contribution in [0.3, 0.4) is 0 Å². The fraction of sp³-hybridized carbons (Fsp3) is 0.200. The minimum Gasteiger partial charge on any atom is -0.468 e. The number of hydrogen-bond donors (Lipinski definition) is 2. The molecule has 2 aromatic rings. The lowest BCUT2D eigenvalue weighted by Crippen LogP contribution is -2.26. The molecule has 5 nitrogen and oxygen atoms in total. The fourth-order valence-electron chi connectivity index (χ4n) is 1.77. The molecule has 0 saturated carbocycles. The van der Waals surface area contributed by atoms with E-state index >= 15 is 0 Å². The molecule has 110 valence electrons.